The molecular formula is C24H27N7. The molecule has 158 valence electrons. The smallest absolute Gasteiger partial charge is 0.204 e. The first-order valence-electron chi connectivity index (χ1n) is 10.8. The minimum atomic E-state index is 0.619. The molecule has 7 heteroatoms. The predicted octanol–water partition coefficient (Wildman–Crippen LogP) is 4.47. The van der Waals surface area contributed by atoms with Gasteiger partial charge in [0.05, 0.1) is 6.54 Å². The zero-order valence-corrected chi connectivity index (χ0v) is 18.0. The highest BCUT2D eigenvalue weighted by Gasteiger charge is 2.10. The first kappa shape index (κ1) is 20.7. The molecule has 31 heavy (non-hydrogen) atoms. The van der Waals surface area contributed by atoms with E-state index in [1.54, 1.807) is 0 Å². The monoisotopic (exact) mass is 413 g/mol. The second-order valence-corrected chi connectivity index (χ2v) is 7.49. The number of hydrogen-bond acceptors (Lipinski definition) is 5. The number of H-pyrrole nitrogens is 1. The number of aryl methyl sites for hydroxylation is 1. The lowest BCUT2D eigenvalue weighted by Crippen LogP contribution is -2.05. The highest BCUT2D eigenvalue weighted by molar-refractivity contribution is 5.60. The van der Waals surface area contributed by atoms with E-state index in [0.29, 0.717) is 12.4 Å². The second-order valence-electron chi connectivity index (χ2n) is 7.49. The van der Waals surface area contributed by atoms with Gasteiger partial charge in [-0.1, -0.05) is 68.5 Å². The number of rotatable bonds is 9. The van der Waals surface area contributed by atoms with E-state index in [0.717, 1.165) is 42.9 Å². The van der Waals surface area contributed by atoms with Gasteiger partial charge in [-0.05, 0) is 47.2 Å². The van der Waals surface area contributed by atoms with Crippen molar-refractivity contribution >= 4 is 6.08 Å². The molecule has 0 spiro atoms. The number of hydrogen-bond donors (Lipinski definition) is 1. The summed E-state index contributed by atoms with van der Waals surface area (Å²) in [6.45, 7) is 4.98. The van der Waals surface area contributed by atoms with Crippen molar-refractivity contribution < 1.29 is 0 Å². The Labute approximate surface area is 182 Å². The van der Waals surface area contributed by atoms with Gasteiger partial charge in [-0.25, -0.2) is 9.67 Å². The molecule has 0 unspecified atom stereocenters. The highest BCUT2D eigenvalue weighted by atomic mass is 15.5. The molecule has 0 radical (unpaired) electrons. The Morgan fingerprint density at radius 3 is 2.55 bits per heavy atom. The third-order valence-electron chi connectivity index (χ3n) is 5.07. The van der Waals surface area contributed by atoms with E-state index in [1.165, 1.54) is 16.7 Å². The van der Waals surface area contributed by atoms with Gasteiger partial charge in [0.1, 0.15) is 0 Å². The third kappa shape index (κ3) is 5.12. The van der Waals surface area contributed by atoms with Gasteiger partial charge in [0.2, 0.25) is 5.82 Å². The van der Waals surface area contributed by atoms with Gasteiger partial charge in [-0.2, -0.15) is 10.3 Å². The quantitative estimate of drug-likeness (QED) is 0.437. The lowest BCUT2D eigenvalue weighted by atomic mass is 9.98. The fraction of sp³-hybridized carbons (Fsp3) is 0.292. The Kier molecular flexibility index (Phi) is 6.62. The maximum absolute atomic E-state index is 4.71. The van der Waals surface area contributed by atoms with E-state index in [-0.39, 0.29) is 0 Å². The third-order valence-corrected chi connectivity index (χ3v) is 5.07. The highest BCUT2D eigenvalue weighted by Crippen LogP contribution is 2.22. The van der Waals surface area contributed by atoms with Gasteiger partial charge >= 0.3 is 0 Å². The van der Waals surface area contributed by atoms with Gasteiger partial charge in [-0.15, -0.1) is 10.2 Å². The van der Waals surface area contributed by atoms with Crippen LogP contribution in [-0.2, 0) is 19.4 Å². The number of benzene rings is 2. The van der Waals surface area contributed by atoms with Gasteiger partial charge in [0, 0.05) is 12.0 Å². The number of tetrazole rings is 1. The fourth-order valence-corrected chi connectivity index (χ4v) is 3.52. The zero-order valence-electron chi connectivity index (χ0n) is 18.0. The van der Waals surface area contributed by atoms with Gasteiger partial charge < -0.3 is 0 Å². The van der Waals surface area contributed by atoms with E-state index in [4.69, 9.17) is 5.10 Å². The molecule has 0 saturated heterocycles. The number of aromatic amines is 1. The minimum absolute atomic E-state index is 0.619. The van der Waals surface area contributed by atoms with Crippen LogP contribution in [0.15, 0.2) is 54.6 Å². The van der Waals surface area contributed by atoms with Crippen LogP contribution in [0.2, 0.25) is 0 Å². The summed E-state index contributed by atoms with van der Waals surface area (Å²) in [4.78, 5) is 4.69. The van der Waals surface area contributed by atoms with Crippen LogP contribution < -0.4 is 0 Å². The summed E-state index contributed by atoms with van der Waals surface area (Å²) in [5.74, 6) is 2.45. The number of aromatic nitrogens is 7. The normalized spacial score (nSPS) is 11.4. The lowest BCUT2D eigenvalue weighted by Gasteiger charge is -2.08. The molecule has 7 nitrogen and oxygen atoms in total. The van der Waals surface area contributed by atoms with Crippen molar-refractivity contribution in [1.82, 2.24) is 35.4 Å². The van der Waals surface area contributed by atoms with Gasteiger partial charge in [-0.3, -0.25) is 0 Å². The molecule has 4 rings (SSSR count). The van der Waals surface area contributed by atoms with Crippen LogP contribution in [0, 0.1) is 0 Å². The van der Waals surface area contributed by atoms with Crippen molar-refractivity contribution in [3.63, 3.8) is 0 Å². The number of nitrogens with zero attached hydrogens (tertiary/aromatic N) is 6. The standard InChI is InChI=1S/C24H27N7/c1-3-5-11-23-25-22(8-4-2)28-31(23)17-19-14-12-18(13-15-19)16-20-9-6-7-10-21(20)24-26-29-30-27-24/h5-7,9-15H,3-4,8,16-17H2,1-2H3,(H,26,27,29,30)/b11-5+. The molecule has 0 amide bonds. The molecule has 2 aromatic heterocycles. The SMILES string of the molecule is CC/C=C/c1nc(CCC)nn1Cc1ccc(Cc2ccccc2-c2nn[nH]n2)cc1. The van der Waals surface area contributed by atoms with E-state index in [1.807, 2.05) is 22.9 Å². The average molecular weight is 414 g/mol. The summed E-state index contributed by atoms with van der Waals surface area (Å²) in [6.07, 6.45) is 7.92. The Morgan fingerprint density at radius 1 is 1.00 bits per heavy atom. The van der Waals surface area contributed by atoms with Gasteiger partial charge in [0.25, 0.3) is 0 Å². The Balaban J connectivity index is 1.51. The molecule has 0 aliphatic rings. The molecule has 0 bridgehead atoms. The molecule has 0 atom stereocenters. The maximum atomic E-state index is 4.71. The van der Waals surface area contributed by atoms with Crippen LogP contribution in [0.4, 0.5) is 0 Å². The molecule has 0 aliphatic carbocycles. The van der Waals surface area contributed by atoms with E-state index >= 15 is 0 Å². The van der Waals surface area contributed by atoms with E-state index in [2.05, 4.69) is 81.9 Å². The van der Waals surface area contributed by atoms with Crippen molar-refractivity contribution in [3.8, 4) is 11.4 Å². The predicted molar refractivity (Wildman–Crippen MR) is 121 cm³/mol. The molecular weight excluding hydrogens is 386 g/mol. The average Bonchev–Trinajstić information content (AvgIpc) is 3.45. The van der Waals surface area contributed by atoms with Crippen LogP contribution in [0.1, 0.15) is 55.0 Å². The summed E-state index contributed by atoms with van der Waals surface area (Å²) in [5.41, 5.74) is 4.60. The van der Waals surface area contributed by atoms with Crippen LogP contribution in [0.5, 0.6) is 0 Å². The molecule has 2 aromatic carbocycles. The molecule has 2 heterocycles. The summed E-state index contributed by atoms with van der Waals surface area (Å²) < 4.78 is 2.00. The number of nitrogens with one attached hydrogen (secondary N) is 1. The van der Waals surface area contributed by atoms with Crippen molar-refractivity contribution in [2.24, 2.45) is 0 Å². The van der Waals surface area contributed by atoms with E-state index < -0.39 is 0 Å². The van der Waals surface area contributed by atoms with Crippen LogP contribution >= 0.6 is 0 Å². The molecule has 0 aliphatic heterocycles. The molecule has 0 saturated carbocycles. The number of allylic oxidation sites excluding steroid dienone is 1. The van der Waals surface area contributed by atoms with Crippen molar-refractivity contribution in [1.29, 1.82) is 0 Å². The fourth-order valence-electron chi connectivity index (χ4n) is 3.52. The van der Waals surface area contributed by atoms with Crippen LogP contribution in [0.3, 0.4) is 0 Å². The minimum Gasteiger partial charge on any atom is -0.242 e. The second kappa shape index (κ2) is 9.93. The van der Waals surface area contributed by atoms with E-state index in [9.17, 15) is 0 Å². The Hall–Kier alpha value is -3.61. The van der Waals surface area contributed by atoms with Gasteiger partial charge in [0.15, 0.2) is 11.6 Å². The zero-order chi connectivity index (χ0) is 21.5. The summed E-state index contributed by atoms with van der Waals surface area (Å²) in [7, 11) is 0. The summed E-state index contributed by atoms with van der Waals surface area (Å²) >= 11 is 0. The van der Waals surface area contributed by atoms with Crippen molar-refractivity contribution in [2.45, 2.75) is 46.1 Å². The molecule has 4 aromatic rings. The maximum Gasteiger partial charge on any atom is 0.204 e. The topological polar surface area (TPSA) is 85.2 Å². The Morgan fingerprint density at radius 2 is 1.81 bits per heavy atom. The molecule has 0 fully saturated rings. The lowest BCUT2D eigenvalue weighted by molar-refractivity contribution is 0.662. The van der Waals surface area contributed by atoms with Crippen molar-refractivity contribution in [2.75, 3.05) is 0 Å². The van der Waals surface area contributed by atoms with Crippen LogP contribution in [0.25, 0.3) is 17.5 Å². The summed E-state index contributed by atoms with van der Waals surface area (Å²) in [5, 5.41) is 19.2. The largest absolute Gasteiger partial charge is 0.242 e. The molecule has 1 N–H and O–H groups in total. The Bertz CT molecular complexity index is 1130. The first-order chi connectivity index (χ1) is 15.3. The van der Waals surface area contributed by atoms with Crippen LogP contribution in [-0.4, -0.2) is 35.4 Å². The summed E-state index contributed by atoms with van der Waals surface area (Å²) in [6, 6.07) is 16.9. The van der Waals surface area contributed by atoms with Crippen molar-refractivity contribution in [3.05, 3.63) is 82.9 Å². The first-order valence-corrected chi connectivity index (χ1v) is 10.8.